The summed E-state index contributed by atoms with van der Waals surface area (Å²) in [6, 6.07) is 1.97. The Morgan fingerprint density at radius 3 is 2.41 bits per heavy atom. The second-order valence-electron chi connectivity index (χ2n) is 4.48. The van der Waals surface area contributed by atoms with Crippen LogP contribution in [0.2, 0.25) is 0 Å². The summed E-state index contributed by atoms with van der Waals surface area (Å²) in [5.41, 5.74) is 8.30. The topological polar surface area (TPSA) is 48.1 Å². The summed E-state index contributed by atoms with van der Waals surface area (Å²) in [7, 11) is 0. The van der Waals surface area contributed by atoms with E-state index in [1.165, 1.54) is 0 Å². The van der Waals surface area contributed by atoms with Gasteiger partial charge in [0.1, 0.15) is 0 Å². The van der Waals surface area contributed by atoms with E-state index in [1.54, 1.807) is 0 Å². The van der Waals surface area contributed by atoms with Gasteiger partial charge in [0, 0.05) is 19.0 Å². The van der Waals surface area contributed by atoms with Crippen molar-refractivity contribution in [2.24, 2.45) is 5.73 Å². The Kier molecular flexibility index (Phi) is 5.09. The highest BCUT2D eigenvalue weighted by Gasteiger charge is 2.35. The average Bonchev–Trinajstić information content (AvgIpc) is 2.35. The molecule has 3 heteroatoms. The Hall–Kier alpha value is -0.930. The Morgan fingerprint density at radius 2 is 1.94 bits per heavy atom. The zero-order chi connectivity index (χ0) is 12.9. The molecule has 0 saturated carbocycles. The van der Waals surface area contributed by atoms with Crippen molar-refractivity contribution in [3.63, 3.8) is 0 Å². The first-order valence-electron chi connectivity index (χ1n) is 6.40. The zero-order valence-electron chi connectivity index (χ0n) is 11.4. The lowest BCUT2D eigenvalue weighted by Crippen LogP contribution is -2.43. The lowest BCUT2D eigenvalue weighted by molar-refractivity contribution is -0.0646. The standard InChI is InChI=1S/C14H24N2O/c1-5-14(6-2,17-7-3)13(15)12-8-11(4)9-16-10-12/h8-10,13H,5-7,15H2,1-4H3. The van der Waals surface area contributed by atoms with Crippen LogP contribution in [-0.2, 0) is 4.74 Å². The Morgan fingerprint density at radius 1 is 1.29 bits per heavy atom. The zero-order valence-corrected chi connectivity index (χ0v) is 11.4. The molecule has 17 heavy (non-hydrogen) atoms. The summed E-state index contributed by atoms with van der Waals surface area (Å²) in [5.74, 6) is 0. The summed E-state index contributed by atoms with van der Waals surface area (Å²) >= 11 is 0. The van der Waals surface area contributed by atoms with Crippen LogP contribution in [0, 0.1) is 6.92 Å². The van der Waals surface area contributed by atoms with Gasteiger partial charge in [-0.15, -0.1) is 0 Å². The first kappa shape index (κ1) is 14.1. The van der Waals surface area contributed by atoms with E-state index in [9.17, 15) is 0 Å². The van der Waals surface area contributed by atoms with E-state index in [0.29, 0.717) is 6.61 Å². The largest absolute Gasteiger partial charge is 0.373 e. The summed E-state index contributed by atoms with van der Waals surface area (Å²) < 4.78 is 5.93. The summed E-state index contributed by atoms with van der Waals surface area (Å²) in [6.07, 6.45) is 5.51. The fourth-order valence-corrected chi connectivity index (χ4v) is 2.32. The molecule has 0 saturated heterocycles. The van der Waals surface area contributed by atoms with Crippen LogP contribution in [0.3, 0.4) is 0 Å². The molecule has 1 aromatic heterocycles. The predicted molar refractivity (Wildman–Crippen MR) is 70.8 cm³/mol. The average molecular weight is 236 g/mol. The van der Waals surface area contributed by atoms with Crippen molar-refractivity contribution in [1.82, 2.24) is 4.98 Å². The van der Waals surface area contributed by atoms with E-state index < -0.39 is 0 Å². The predicted octanol–water partition coefficient (Wildman–Crippen LogP) is 2.99. The highest BCUT2D eigenvalue weighted by molar-refractivity contribution is 5.22. The van der Waals surface area contributed by atoms with Crippen molar-refractivity contribution in [3.8, 4) is 0 Å². The molecule has 0 aliphatic rings. The van der Waals surface area contributed by atoms with Crippen LogP contribution in [0.4, 0.5) is 0 Å². The van der Waals surface area contributed by atoms with E-state index in [1.807, 2.05) is 26.2 Å². The van der Waals surface area contributed by atoms with Gasteiger partial charge in [-0.25, -0.2) is 0 Å². The maximum Gasteiger partial charge on any atom is 0.0869 e. The molecule has 3 nitrogen and oxygen atoms in total. The number of hydrogen-bond donors (Lipinski definition) is 1. The third kappa shape index (κ3) is 3.05. The Labute approximate surface area is 104 Å². The molecule has 0 aromatic carbocycles. The van der Waals surface area contributed by atoms with Crippen LogP contribution in [0.15, 0.2) is 18.5 Å². The second kappa shape index (κ2) is 6.12. The van der Waals surface area contributed by atoms with Crippen LogP contribution in [0.25, 0.3) is 0 Å². The van der Waals surface area contributed by atoms with Crippen molar-refractivity contribution < 1.29 is 4.74 Å². The van der Waals surface area contributed by atoms with Crippen LogP contribution in [-0.4, -0.2) is 17.2 Å². The fourth-order valence-electron chi connectivity index (χ4n) is 2.32. The molecular formula is C14H24N2O. The molecule has 1 atom stereocenters. The normalized spacial score (nSPS) is 13.7. The SMILES string of the molecule is CCOC(CC)(CC)C(N)c1cncc(C)c1. The lowest BCUT2D eigenvalue weighted by Gasteiger charge is -2.37. The van der Waals surface area contributed by atoms with E-state index in [2.05, 4.69) is 24.9 Å². The van der Waals surface area contributed by atoms with Gasteiger partial charge in [-0.05, 0) is 37.8 Å². The van der Waals surface area contributed by atoms with Crippen molar-refractivity contribution in [1.29, 1.82) is 0 Å². The maximum absolute atomic E-state index is 6.39. The van der Waals surface area contributed by atoms with Crippen LogP contribution in [0.1, 0.15) is 50.8 Å². The van der Waals surface area contributed by atoms with Gasteiger partial charge in [-0.1, -0.05) is 19.9 Å². The first-order valence-corrected chi connectivity index (χ1v) is 6.40. The van der Waals surface area contributed by atoms with E-state index in [4.69, 9.17) is 10.5 Å². The van der Waals surface area contributed by atoms with Gasteiger partial charge in [0.25, 0.3) is 0 Å². The Balaban J connectivity index is 3.02. The summed E-state index contributed by atoms with van der Waals surface area (Å²) in [5, 5.41) is 0. The van der Waals surface area contributed by atoms with Gasteiger partial charge in [-0.2, -0.15) is 0 Å². The molecule has 1 aromatic rings. The molecule has 0 bridgehead atoms. The smallest absolute Gasteiger partial charge is 0.0869 e. The van der Waals surface area contributed by atoms with E-state index in [0.717, 1.165) is 24.0 Å². The quantitative estimate of drug-likeness (QED) is 0.826. The molecule has 2 N–H and O–H groups in total. The number of hydrogen-bond acceptors (Lipinski definition) is 3. The number of nitrogens with two attached hydrogens (primary N) is 1. The second-order valence-corrected chi connectivity index (χ2v) is 4.48. The minimum atomic E-state index is -0.274. The molecular weight excluding hydrogens is 212 g/mol. The molecule has 0 aliphatic carbocycles. The van der Waals surface area contributed by atoms with Gasteiger partial charge >= 0.3 is 0 Å². The molecule has 0 fully saturated rings. The third-order valence-corrected chi connectivity index (χ3v) is 3.45. The summed E-state index contributed by atoms with van der Waals surface area (Å²) in [6.45, 7) is 8.99. The van der Waals surface area contributed by atoms with Crippen molar-refractivity contribution in [3.05, 3.63) is 29.6 Å². The van der Waals surface area contributed by atoms with E-state index >= 15 is 0 Å². The van der Waals surface area contributed by atoms with Gasteiger partial charge in [0.2, 0.25) is 0 Å². The fraction of sp³-hybridized carbons (Fsp3) is 0.643. The maximum atomic E-state index is 6.39. The molecule has 1 rings (SSSR count). The number of ether oxygens (including phenoxy) is 1. The van der Waals surface area contributed by atoms with Crippen molar-refractivity contribution in [2.45, 2.75) is 52.2 Å². The third-order valence-electron chi connectivity index (χ3n) is 3.45. The molecule has 0 spiro atoms. The molecule has 0 amide bonds. The number of pyridine rings is 1. The lowest BCUT2D eigenvalue weighted by atomic mass is 9.84. The number of nitrogens with zero attached hydrogens (tertiary/aromatic N) is 1. The molecule has 0 aliphatic heterocycles. The van der Waals surface area contributed by atoms with Crippen LogP contribution < -0.4 is 5.73 Å². The molecule has 96 valence electrons. The van der Waals surface area contributed by atoms with Gasteiger partial charge in [0.05, 0.1) is 11.6 Å². The molecule has 1 unspecified atom stereocenters. The highest BCUT2D eigenvalue weighted by atomic mass is 16.5. The van der Waals surface area contributed by atoms with Crippen LogP contribution >= 0.6 is 0 Å². The molecule has 1 heterocycles. The Bertz CT molecular complexity index is 348. The minimum Gasteiger partial charge on any atom is -0.373 e. The number of aromatic nitrogens is 1. The van der Waals surface area contributed by atoms with Gasteiger partial charge < -0.3 is 10.5 Å². The monoisotopic (exact) mass is 236 g/mol. The van der Waals surface area contributed by atoms with Crippen molar-refractivity contribution >= 4 is 0 Å². The number of rotatable bonds is 6. The molecule has 0 radical (unpaired) electrons. The first-order chi connectivity index (χ1) is 8.09. The van der Waals surface area contributed by atoms with Gasteiger partial charge in [0.15, 0.2) is 0 Å². The van der Waals surface area contributed by atoms with Crippen LogP contribution in [0.5, 0.6) is 0 Å². The number of aryl methyl sites for hydroxylation is 1. The van der Waals surface area contributed by atoms with Gasteiger partial charge in [-0.3, -0.25) is 4.98 Å². The van der Waals surface area contributed by atoms with E-state index in [-0.39, 0.29) is 11.6 Å². The van der Waals surface area contributed by atoms with Crippen molar-refractivity contribution in [2.75, 3.05) is 6.61 Å². The summed E-state index contributed by atoms with van der Waals surface area (Å²) in [4.78, 5) is 4.21. The highest BCUT2D eigenvalue weighted by Crippen LogP contribution is 2.33. The minimum absolute atomic E-state index is 0.121.